The second-order valence-electron chi connectivity index (χ2n) is 8.90. The molecule has 1 saturated heterocycles. The van der Waals surface area contributed by atoms with Crippen molar-refractivity contribution in [2.45, 2.75) is 71.5 Å². The Kier molecular flexibility index (Phi) is 10.9. The maximum absolute atomic E-state index is 14.7. The van der Waals surface area contributed by atoms with Crippen LogP contribution >= 0.6 is 0 Å². The van der Waals surface area contributed by atoms with Gasteiger partial charge in [0.25, 0.3) is 0 Å². The molecule has 3 rings (SSSR count). The van der Waals surface area contributed by atoms with Gasteiger partial charge in [0.15, 0.2) is 6.29 Å². The Morgan fingerprint density at radius 3 is 2.15 bits per heavy atom. The van der Waals surface area contributed by atoms with E-state index in [0.717, 1.165) is 31.4 Å². The highest BCUT2D eigenvalue weighted by molar-refractivity contribution is 5.46. The van der Waals surface area contributed by atoms with Gasteiger partial charge in [0, 0.05) is 17.0 Å². The molecule has 0 radical (unpaired) electrons. The number of hydrogen-bond acceptors (Lipinski definition) is 3. The maximum Gasteiger partial charge on any atom is 0.184 e. The van der Waals surface area contributed by atoms with E-state index in [1.807, 2.05) is 12.1 Å². The lowest BCUT2D eigenvalue weighted by atomic mass is 10.0. The first-order valence-corrected chi connectivity index (χ1v) is 12.6. The van der Waals surface area contributed by atoms with E-state index in [9.17, 15) is 8.78 Å². The first-order chi connectivity index (χ1) is 16.6. The Labute approximate surface area is 202 Å². The van der Waals surface area contributed by atoms with Gasteiger partial charge in [0.1, 0.15) is 17.4 Å². The zero-order chi connectivity index (χ0) is 24.2. The lowest BCUT2D eigenvalue weighted by molar-refractivity contribution is -0.206. The van der Waals surface area contributed by atoms with Crippen molar-refractivity contribution in [1.82, 2.24) is 0 Å². The fraction of sp³-hybridized carbons (Fsp3) is 0.517. The van der Waals surface area contributed by atoms with Gasteiger partial charge in [-0.2, -0.15) is 0 Å². The fourth-order valence-electron chi connectivity index (χ4n) is 3.92. The molecule has 0 N–H and O–H groups in total. The molecule has 1 fully saturated rings. The van der Waals surface area contributed by atoms with Gasteiger partial charge >= 0.3 is 0 Å². The number of benzene rings is 2. The van der Waals surface area contributed by atoms with Gasteiger partial charge in [-0.05, 0) is 49.2 Å². The van der Waals surface area contributed by atoms with Crippen molar-refractivity contribution in [3.8, 4) is 17.6 Å². The number of unbranched alkanes of at least 4 members (excludes halogenated alkanes) is 5. The highest BCUT2D eigenvalue weighted by Gasteiger charge is 2.25. The van der Waals surface area contributed by atoms with Gasteiger partial charge in [0.2, 0.25) is 0 Å². The SMILES string of the molecule is CCCCCCOc1ccc(C#Cc2c(F)cc(C3OCC(CCCCC)CO3)cc2F)cc1. The normalized spacial score (nSPS) is 17.8. The molecular formula is C29H36F2O3. The predicted octanol–water partition coefficient (Wildman–Crippen LogP) is 7.57. The van der Waals surface area contributed by atoms with Crippen LogP contribution in [-0.2, 0) is 9.47 Å². The molecule has 2 aromatic rings. The molecule has 0 bridgehead atoms. The van der Waals surface area contributed by atoms with E-state index in [4.69, 9.17) is 14.2 Å². The fourth-order valence-corrected chi connectivity index (χ4v) is 3.92. The Hall–Kier alpha value is -2.42. The summed E-state index contributed by atoms with van der Waals surface area (Å²) in [6.45, 7) is 6.11. The third-order valence-corrected chi connectivity index (χ3v) is 5.97. The molecule has 5 heteroatoms. The molecule has 2 aromatic carbocycles. The van der Waals surface area contributed by atoms with Crippen LogP contribution in [0, 0.1) is 29.4 Å². The second kappa shape index (κ2) is 14.1. The first-order valence-electron chi connectivity index (χ1n) is 12.6. The van der Waals surface area contributed by atoms with Crippen LogP contribution in [0.1, 0.15) is 88.2 Å². The summed E-state index contributed by atoms with van der Waals surface area (Å²) in [5.41, 5.74) is 0.746. The molecule has 0 spiro atoms. The van der Waals surface area contributed by atoms with E-state index < -0.39 is 17.9 Å². The number of halogens is 2. The van der Waals surface area contributed by atoms with Crippen molar-refractivity contribution in [1.29, 1.82) is 0 Å². The summed E-state index contributed by atoms with van der Waals surface area (Å²) < 4.78 is 46.5. The van der Waals surface area contributed by atoms with Crippen molar-refractivity contribution in [2.24, 2.45) is 5.92 Å². The van der Waals surface area contributed by atoms with Crippen LogP contribution in [0.4, 0.5) is 8.78 Å². The Morgan fingerprint density at radius 1 is 0.853 bits per heavy atom. The third-order valence-electron chi connectivity index (χ3n) is 5.97. The topological polar surface area (TPSA) is 27.7 Å². The first kappa shape index (κ1) is 26.2. The summed E-state index contributed by atoms with van der Waals surface area (Å²) in [5, 5.41) is 0. The summed E-state index contributed by atoms with van der Waals surface area (Å²) >= 11 is 0. The van der Waals surface area contributed by atoms with E-state index in [2.05, 4.69) is 25.7 Å². The van der Waals surface area contributed by atoms with Crippen LogP contribution in [-0.4, -0.2) is 19.8 Å². The van der Waals surface area contributed by atoms with Crippen molar-refractivity contribution < 1.29 is 23.0 Å². The van der Waals surface area contributed by atoms with Gasteiger partial charge < -0.3 is 14.2 Å². The summed E-state index contributed by atoms with van der Waals surface area (Å²) in [5.74, 6) is 5.13. The summed E-state index contributed by atoms with van der Waals surface area (Å²) in [4.78, 5) is 0. The van der Waals surface area contributed by atoms with Crippen LogP contribution in [0.15, 0.2) is 36.4 Å². The summed E-state index contributed by atoms with van der Waals surface area (Å²) in [6, 6.07) is 9.74. The van der Waals surface area contributed by atoms with Gasteiger partial charge in [-0.1, -0.05) is 64.2 Å². The molecule has 1 heterocycles. The average molecular weight is 471 g/mol. The molecule has 0 aromatic heterocycles. The molecule has 0 saturated carbocycles. The minimum absolute atomic E-state index is 0.256. The largest absolute Gasteiger partial charge is 0.494 e. The quantitative estimate of drug-likeness (QED) is 0.250. The molecule has 3 nitrogen and oxygen atoms in total. The Bertz CT molecular complexity index is 915. The maximum atomic E-state index is 14.7. The number of ether oxygens (including phenoxy) is 3. The van der Waals surface area contributed by atoms with E-state index in [1.165, 1.54) is 37.8 Å². The van der Waals surface area contributed by atoms with Gasteiger partial charge in [-0.25, -0.2) is 8.78 Å². The van der Waals surface area contributed by atoms with E-state index >= 15 is 0 Å². The Balaban J connectivity index is 1.56. The van der Waals surface area contributed by atoms with Crippen LogP contribution in [0.25, 0.3) is 0 Å². The van der Waals surface area contributed by atoms with Gasteiger partial charge in [-0.3, -0.25) is 0 Å². The number of rotatable bonds is 11. The molecule has 0 aliphatic carbocycles. The molecule has 34 heavy (non-hydrogen) atoms. The zero-order valence-electron chi connectivity index (χ0n) is 20.4. The van der Waals surface area contributed by atoms with Crippen molar-refractivity contribution in [2.75, 3.05) is 19.8 Å². The predicted molar refractivity (Wildman–Crippen MR) is 131 cm³/mol. The molecule has 184 valence electrons. The Morgan fingerprint density at radius 2 is 1.50 bits per heavy atom. The van der Waals surface area contributed by atoms with Crippen molar-refractivity contribution >= 4 is 0 Å². The van der Waals surface area contributed by atoms with Crippen molar-refractivity contribution in [3.05, 3.63) is 64.7 Å². The number of hydrogen-bond donors (Lipinski definition) is 0. The highest BCUT2D eigenvalue weighted by Crippen LogP contribution is 2.29. The smallest absolute Gasteiger partial charge is 0.184 e. The molecular weight excluding hydrogens is 434 g/mol. The van der Waals surface area contributed by atoms with Crippen LogP contribution in [0.3, 0.4) is 0 Å². The lowest BCUT2D eigenvalue weighted by Crippen LogP contribution is -2.27. The minimum Gasteiger partial charge on any atom is -0.494 e. The molecule has 0 amide bonds. The lowest BCUT2D eigenvalue weighted by Gasteiger charge is -2.29. The summed E-state index contributed by atoms with van der Waals surface area (Å²) in [6.07, 6.45) is 8.40. The molecule has 0 atom stereocenters. The molecule has 0 unspecified atom stereocenters. The van der Waals surface area contributed by atoms with Crippen LogP contribution in [0.2, 0.25) is 0 Å². The van der Waals surface area contributed by atoms with Crippen LogP contribution < -0.4 is 4.74 Å². The zero-order valence-corrected chi connectivity index (χ0v) is 20.4. The standard InChI is InChI=1S/C29H36F2O3/c1-3-5-7-9-17-32-25-14-11-22(12-15-25)13-16-26-27(30)18-24(19-28(26)31)29-33-20-23(21-34-29)10-8-6-4-2/h11-12,14-15,18-19,23,29H,3-10,17,20-21H2,1-2H3. The monoisotopic (exact) mass is 470 g/mol. The van der Waals surface area contributed by atoms with Gasteiger partial charge in [0.05, 0.1) is 25.4 Å². The highest BCUT2D eigenvalue weighted by atomic mass is 19.1. The third kappa shape index (κ3) is 8.11. The van der Waals surface area contributed by atoms with Gasteiger partial charge in [-0.15, -0.1) is 0 Å². The second-order valence-corrected chi connectivity index (χ2v) is 8.90. The summed E-state index contributed by atoms with van der Waals surface area (Å²) in [7, 11) is 0. The molecule has 1 aliphatic rings. The average Bonchev–Trinajstić information content (AvgIpc) is 2.85. The molecule has 1 aliphatic heterocycles. The van der Waals surface area contributed by atoms with E-state index in [-0.39, 0.29) is 5.56 Å². The van der Waals surface area contributed by atoms with E-state index in [1.54, 1.807) is 12.1 Å². The minimum atomic E-state index is -0.747. The van der Waals surface area contributed by atoms with Crippen LogP contribution in [0.5, 0.6) is 5.75 Å². The van der Waals surface area contributed by atoms with Crippen molar-refractivity contribution in [3.63, 3.8) is 0 Å². The van der Waals surface area contributed by atoms with E-state index in [0.29, 0.717) is 36.9 Å².